The van der Waals surface area contributed by atoms with Crippen molar-refractivity contribution < 1.29 is 14.9 Å². The summed E-state index contributed by atoms with van der Waals surface area (Å²) >= 11 is 0. The summed E-state index contributed by atoms with van der Waals surface area (Å²) < 4.78 is 5.70. The van der Waals surface area contributed by atoms with Crippen molar-refractivity contribution in [3.63, 3.8) is 0 Å². The van der Waals surface area contributed by atoms with Gasteiger partial charge in [-0.3, -0.25) is 0 Å². The first-order valence-electron chi connectivity index (χ1n) is 6.79. The largest absolute Gasteiger partial charge is 0.508 e. The zero-order chi connectivity index (χ0) is 14.0. The van der Waals surface area contributed by atoms with Crippen molar-refractivity contribution in [3.8, 4) is 11.5 Å². The lowest BCUT2D eigenvalue weighted by Crippen LogP contribution is -2.44. The van der Waals surface area contributed by atoms with Crippen LogP contribution in [-0.2, 0) is 4.74 Å². The van der Waals surface area contributed by atoms with Gasteiger partial charge >= 0.3 is 0 Å². The first-order chi connectivity index (χ1) is 8.85. The lowest BCUT2D eigenvalue weighted by Gasteiger charge is -2.37. The molecule has 0 radical (unpaired) electrons. The number of aromatic hydroxyl groups is 2. The minimum absolute atomic E-state index is 0.0805. The summed E-state index contributed by atoms with van der Waals surface area (Å²) in [4.78, 5) is 0. The Morgan fingerprint density at radius 2 is 1.89 bits per heavy atom. The zero-order valence-electron chi connectivity index (χ0n) is 11.8. The van der Waals surface area contributed by atoms with Crippen LogP contribution in [0, 0.1) is 0 Å². The van der Waals surface area contributed by atoms with Gasteiger partial charge in [-0.15, -0.1) is 0 Å². The molecule has 0 bridgehead atoms. The summed E-state index contributed by atoms with van der Waals surface area (Å²) in [5.74, 6) is 0.187. The molecule has 1 aromatic rings. The third kappa shape index (κ3) is 3.85. The van der Waals surface area contributed by atoms with Gasteiger partial charge in [0.25, 0.3) is 0 Å². The minimum atomic E-state index is -0.0867. The highest BCUT2D eigenvalue weighted by Gasteiger charge is 2.29. The molecule has 0 saturated carbocycles. The molecule has 1 aliphatic rings. The molecule has 2 unspecified atom stereocenters. The molecule has 1 heterocycles. The van der Waals surface area contributed by atoms with Crippen molar-refractivity contribution in [3.05, 3.63) is 23.8 Å². The topological polar surface area (TPSA) is 61.7 Å². The van der Waals surface area contributed by atoms with Gasteiger partial charge in [0.1, 0.15) is 11.5 Å². The molecule has 0 amide bonds. The summed E-state index contributed by atoms with van der Waals surface area (Å²) in [5.41, 5.74) is 0.804. The number of hydrogen-bond acceptors (Lipinski definition) is 4. The van der Waals surface area contributed by atoms with Crippen LogP contribution in [0.2, 0.25) is 0 Å². The second-order valence-electron chi connectivity index (χ2n) is 5.97. The number of hydrogen-bond donors (Lipinski definition) is 3. The highest BCUT2D eigenvalue weighted by Crippen LogP contribution is 2.28. The summed E-state index contributed by atoms with van der Waals surface area (Å²) in [6, 6.07) is 5.18. The van der Waals surface area contributed by atoms with Crippen LogP contribution >= 0.6 is 0 Å². The Morgan fingerprint density at radius 3 is 2.47 bits per heavy atom. The Kier molecular flexibility index (Phi) is 4.02. The number of phenols is 2. The number of phenolic OH excluding ortho intramolecular Hbond substituents is 2. The van der Waals surface area contributed by atoms with Gasteiger partial charge < -0.3 is 20.3 Å². The maximum atomic E-state index is 9.52. The van der Waals surface area contributed by atoms with Gasteiger partial charge in [0, 0.05) is 24.8 Å². The number of nitrogens with one attached hydrogen (secondary N) is 1. The highest BCUT2D eigenvalue weighted by molar-refractivity contribution is 5.37. The van der Waals surface area contributed by atoms with Gasteiger partial charge in [-0.2, -0.15) is 0 Å². The Hall–Kier alpha value is -1.26. The maximum absolute atomic E-state index is 9.52. The van der Waals surface area contributed by atoms with Crippen LogP contribution in [-0.4, -0.2) is 28.5 Å². The van der Waals surface area contributed by atoms with Gasteiger partial charge in [0.2, 0.25) is 0 Å². The Bertz CT molecular complexity index is 425. The monoisotopic (exact) mass is 265 g/mol. The van der Waals surface area contributed by atoms with E-state index in [2.05, 4.69) is 19.2 Å². The van der Waals surface area contributed by atoms with E-state index in [1.165, 1.54) is 6.07 Å². The van der Waals surface area contributed by atoms with Gasteiger partial charge in [-0.25, -0.2) is 0 Å². The molecule has 4 nitrogen and oxygen atoms in total. The normalized spacial score (nSPS) is 24.1. The van der Waals surface area contributed by atoms with E-state index in [0.29, 0.717) is 6.04 Å². The van der Waals surface area contributed by atoms with Crippen LogP contribution < -0.4 is 5.32 Å². The Morgan fingerprint density at radius 1 is 1.26 bits per heavy atom. The SMILES string of the molecule is CC(NC1CCOC(C)(C)C1)c1cc(O)cc(O)c1. The molecule has 1 saturated heterocycles. The van der Waals surface area contributed by atoms with Gasteiger partial charge in [0.05, 0.1) is 5.60 Å². The minimum Gasteiger partial charge on any atom is -0.508 e. The summed E-state index contributed by atoms with van der Waals surface area (Å²) in [6.07, 6.45) is 1.95. The van der Waals surface area contributed by atoms with Crippen molar-refractivity contribution in [2.24, 2.45) is 0 Å². The van der Waals surface area contributed by atoms with Crippen molar-refractivity contribution in [1.82, 2.24) is 5.32 Å². The molecular weight excluding hydrogens is 242 g/mol. The molecule has 0 aromatic heterocycles. The fourth-order valence-electron chi connectivity index (χ4n) is 2.69. The van der Waals surface area contributed by atoms with Crippen LogP contribution in [0.1, 0.15) is 45.2 Å². The quantitative estimate of drug-likeness (QED) is 0.786. The summed E-state index contributed by atoms with van der Waals surface area (Å²) in [7, 11) is 0. The average molecular weight is 265 g/mol. The van der Waals surface area contributed by atoms with E-state index in [-0.39, 0.29) is 23.1 Å². The highest BCUT2D eigenvalue weighted by atomic mass is 16.5. The molecule has 3 N–H and O–H groups in total. The molecule has 2 rings (SSSR count). The lowest BCUT2D eigenvalue weighted by molar-refractivity contribution is -0.0640. The van der Waals surface area contributed by atoms with Crippen LogP contribution in [0.5, 0.6) is 11.5 Å². The van der Waals surface area contributed by atoms with Crippen LogP contribution in [0.15, 0.2) is 18.2 Å². The predicted octanol–water partition coefficient (Wildman–Crippen LogP) is 2.71. The predicted molar refractivity (Wildman–Crippen MR) is 74.4 cm³/mol. The van der Waals surface area contributed by atoms with Crippen molar-refractivity contribution in [2.75, 3.05) is 6.61 Å². The van der Waals surface area contributed by atoms with E-state index in [1.54, 1.807) is 12.1 Å². The van der Waals surface area contributed by atoms with Crippen molar-refractivity contribution >= 4 is 0 Å². The van der Waals surface area contributed by atoms with Crippen LogP contribution in [0.4, 0.5) is 0 Å². The molecule has 0 spiro atoms. The van der Waals surface area contributed by atoms with E-state index in [1.807, 2.05) is 6.92 Å². The molecule has 1 fully saturated rings. The maximum Gasteiger partial charge on any atom is 0.119 e. The smallest absolute Gasteiger partial charge is 0.119 e. The number of benzene rings is 1. The Labute approximate surface area is 114 Å². The van der Waals surface area contributed by atoms with E-state index in [9.17, 15) is 10.2 Å². The fourth-order valence-corrected chi connectivity index (χ4v) is 2.69. The first-order valence-corrected chi connectivity index (χ1v) is 6.79. The second kappa shape index (κ2) is 5.39. The van der Waals surface area contributed by atoms with E-state index >= 15 is 0 Å². The third-order valence-corrected chi connectivity index (χ3v) is 3.61. The first kappa shape index (κ1) is 14.2. The second-order valence-corrected chi connectivity index (χ2v) is 5.97. The average Bonchev–Trinajstić information content (AvgIpc) is 2.26. The molecule has 19 heavy (non-hydrogen) atoms. The molecule has 4 heteroatoms. The van der Waals surface area contributed by atoms with E-state index < -0.39 is 0 Å². The Balaban J connectivity index is 2.02. The molecule has 0 aliphatic carbocycles. The summed E-state index contributed by atoms with van der Waals surface area (Å²) in [6.45, 7) is 7.01. The molecular formula is C15H23NO3. The zero-order valence-corrected chi connectivity index (χ0v) is 11.8. The number of rotatable bonds is 3. The number of ether oxygens (including phenoxy) is 1. The molecule has 1 aliphatic heterocycles. The van der Waals surface area contributed by atoms with Gasteiger partial charge in [0.15, 0.2) is 0 Å². The summed E-state index contributed by atoms with van der Waals surface area (Å²) in [5, 5.41) is 22.6. The van der Waals surface area contributed by atoms with Crippen molar-refractivity contribution in [1.29, 1.82) is 0 Å². The van der Waals surface area contributed by atoms with Crippen LogP contribution in [0.3, 0.4) is 0 Å². The van der Waals surface area contributed by atoms with E-state index in [0.717, 1.165) is 25.0 Å². The third-order valence-electron chi connectivity index (χ3n) is 3.61. The van der Waals surface area contributed by atoms with Gasteiger partial charge in [-0.1, -0.05) is 0 Å². The van der Waals surface area contributed by atoms with Crippen LogP contribution in [0.25, 0.3) is 0 Å². The lowest BCUT2D eigenvalue weighted by atomic mass is 9.93. The van der Waals surface area contributed by atoms with Gasteiger partial charge in [-0.05, 0) is 51.3 Å². The molecule has 1 aromatic carbocycles. The molecule has 106 valence electrons. The molecule has 2 atom stereocenters. The van der Waals surface area contributed by atoms with E-state index in [4.69, 9.17) is 4.74 Å². The van der Waals surface area contributed by atoms with Crippen molar-refractivity contribution in [2.45, 2.75) is 51.3 Å². The fraction of sp³-hybridized carbons (Fsp3) is 0.600. The standard InChI is InChI=1S/C15H23NO3/c1-10(11-6-13(17)8-14(18)7-11)16-12-4-5-19-15(2,3)9-12/h6-8,10,12,16-18H,4-5,9H2,1-3H3.